The zero-order chi connectivity index (χ0) is 20.1. The standard InChI is InChI=1S/C21H32N4O3/c1-4-23-21(25-7-5-6-15(13-25)9-20(22)26)24-12-17-11-19-16(8-14(2)28-19)10-18(17)27-3/h10-11,14-15H,4-9,12-13H2,1-3H3,(H2,22,26)(H,23,24). The lowest BCUT2D eigenvalue weighted by molar-refractivity contribution is -0.119. The van der Waals surface area contributed by atoms with Crippen LogP contribution >= 0.6 is 0 Å². The van der Waals surface area contributed by atoms with Gasteiger partial charge in [0.15, 0.2) is 5.96 Å². The molecule has 2 heterocycles. The van der Waals surface area contributed by atoms with E-state index in [2.05, 4.69) is 36.2 Å². The summed E-state index contributed by atoms with van der Waals surface area (Å²) in [5.41, 5.74) is 7.60. The number of amides is 1. The third kappa shape index (κ3) is 4.88. The fraction of sp³-hybridized carbons (Fsp3) is 0.619. The number of fused-ring (bicyclic) bond motifs is 1. The molecule has 1 aromatic rings. The van der Waals surface area contributed by atoms with Crippen LogP contribution in [0.5, 0.6) is 11.5 Å². The van der Waals surface area contributed by atoms with Crippen molar-refractivity contribution in [2.24, 2.45) is 16.6 Å². The molecule has 2 unspecified atom stereocenters. The van der Waals surface area contributed by atoms with E-state index in [1.54, 1.807) is 7.11 Å². The number of nitrogens with one attached hydrogen (secondary N) is 1. The van der Waals surface area contributed by atoms with Gasteiger partial charge in [-0.3, -0.25) is 4.79 Å². The normalized spacial score (nSPS) is 21.8. The third-order valence-electron chi connectivity index (χ3n) is 5.34. The Kier molecular flexibility index (Phi) is 6.65. The minimum absolute atomic E-state index is 0.200. The van der Waals surface area contributed by atoms with Gasteiger partial charge < -0.3 is 25.4 Å². The maximum Gasteiger partial charge on any atom is 0.217 e. The number of ether oxygens (including phenoxy) is 2. The zero-order valence-electron chi connectivity index (χ0n) is 17.2. The van der Waals surface area contributed by atoms with Crippen molar-refractivity contribution in [3.05, 3.63) is 23.3 Å². The first-order valence-electron chi connectivity index (χ1n) is 10.2. The number of carbonyl (C=O) groups is 1. The lowest BCUT2D eigenvalue weighted by atomic mass is 9.95. The molecule has 2 aliphatic heterocycles. The van der Waals surface area contributed by atoms with Crippen LogP contribution < -0.4 is 20.5 Å². The van der Waals surface area contributed by atoms with Gasteiger partial charge in [0.2, 0.25) is 5.91 Å². The second kappa shape index (κ2) is 9.17. The smallest absolute Gasteiger partial charge is 0.217 e. The van der Waals surface area contributed by atoms with Gasteiger partial charge in [0.1, 0.15) is 17.6 Å². The summed E-state index contributed by atoms with van der Waals surface area (Å²) >= 11 is 0. The zero-order valence-corrected chi connectivity index (χ0v) is 17.2. The number of piperidine rings is 1. The van der Waals surface area contributed by atoms with Crippen molar-refractivity contribution < 1.29 is 14.3 Å². The minimum Gasteiger partial charge on any atom is -0.496 e. The van der Waals surface area contributed by atoms with E-state index in [0.29, 0.717) is 18.9 Å². The largest absolute Gasteiger partial charge is 0.496 e. The Labute approximate surface area is 167 Å². The van der Waals surface area contributed by atoms with Gasteiger partial charge in [-0.05, 0) is 44.7 Å². The number of hydrogen-bond acceptors (Lipinski definition) is 4. The molecule has 3 N–H and O–H groups in total. The summed E-state index contributed by atoms with van der Waals surface area (Å²) in [7, 11) is 1.69. The van der Waals surface area contributed by atoms with Gasteiger partial charge in [0.05, 0.1) is 13.7 Å². The van der Waals surface area contributed by atoms with E-state index >= 15 is 0 Å². The molecule has 7 nitrogen and oxygen atoms in total. The second-order valence-corrected chi connectivity index (χ2v) is 7.70. The topological polar surface area (TPSA) is 89.2 Å². The van der Waals surface area contributed by atoms with Crippen molar-refractivity contribution in [1.29, 1.82) is 0 Å². The van der Waals surface area contributed by atoms with Crippen LogP contribution in [-0.4, -0.2) is 49.6 Å². The summed E-state index contributed by atoms with van der Waals surface area (Å²) in [4.78, 5) is 18.4. The molecule has 0 bridgehead atoms. The number of likely N-dealkylation sites (tertiary alicyclic amines) is 1. The van der Waals surface area contributed by atoms with Crippen LogP contribution in [0.4, 0.5) is 0 Å². The highest BCUT2D eigenvalue weighted by Gasteiger charge is 2.24. The van der Waals surface area contributed by atoms with Gasteiger partial charge >= 0.3 is 0 Å². The highest BCUT2D eigenvalue weighted by atomic mass is 16.5. The van der Waals surface area contributed by atoms with Gasteiger partial charge in [-0.1, -0.05) is 0 Å². The van der Waals surface area contributed by atoms with E-state index < -0.39 is 0 Å². The number of hydrogen-bond donors (Lipinski definition) is 2. The van der Waals surface area contributed by atoms with Gasteiger partial charge in [0, 0.05) is 43.6 Å². The van der Waals surface area contributed by atoms with Gasteiger partial charge in [-0.25, -0.2) is 4.99 Å². The number of benzene rings is 1. The number of nitrogens with zero attached hydrogens (tertiary/aromatic N) is 2. The molecule has 0 saturated carbocycles. The number of rotatable bonds is 6. The summed E-state index contributed by atoms with van der Waals surface area (Å²) in [6, 6.07) is 4.12. The predicted molar refractivity (Wildman–Crippen MR) is 110 cm³/mol. The summed E-state index contributed by atoms with van der Waals surface area (Å²) in [6.45, 7) is 7.17. The number of aliphatic imine (C=N–C) groups is 1. The summed E-state index contributed by atoms with van der Waals surface area (Å²) in [5.74, 6) is 2.71. The van der Waals surface area contributed by atoms with Crippen LogP contribution in [0.15, 0.2) is 17.1 Å². The van der Waals surface area contributed by atoms with Crippen molar-refractivity contribution in [1.82, 2.24) is 10.2 Å². The van der Waals surface area contributed by atoms with E-state index in [-0.39, 0.29) is 12.0 Å². The average Bonchev–Trinajstić information content (AvgIpc) is 3.02. The fourth-order valence-electron chi connectivity index (χ4n) is 4.09. The third-order valence-corrected chi connectivity index (χ3v) is 5.34. The van der Waals surface area contributed by atoms with Crippen LogP contribution in [-0.2, 0) is 17.8 Å². The Morgan fingerprint density at radius 2 is 2.29 bits per heavy atom. The van der Waals surface area contributed by atoms with E-state index in [0.717, 1.165) is 61.9 Å². The van der Waals surface area contributed by atoms with Crippen LogP contribution in [0.2, 0.25) is 0 Å². The number of primary amides is 1. The first kappa shape index (κ1) is 20.3. The molecule has 2 aliphatic rings. The van der Waals surface area contributed by atoms with Crippen LogP contribution in [0, 0.1) is 5.92 Å². The maximum absolute atomic E-state index is 11.3. The molecule has 1 amide bonds. The van der Waals surface area contributed by atoms with E-state index in [9.17, 15) is 4.79 Å². The highest BCUT2D eigenvalue weighted by Crippen LogP contribution is 2.35. The molecular formula is C21H32N4O3. The number of methoxy groups -OCH3 is 1. The Morgan fingerprint density at radius 1 is 1.46 bits per heavy atom. The molecule has 0 spiro atoms. The number of carbonyl (C=O) groups excluding carboxylic acids is 1. The maximum atomic E-state index is 11.3. The number of guanidine groups is 1. The van der Waals surface area contributed by atoms with E-state index in [1.165, 1.54) is 5.56 Å². The van der Waals surface area contributed by atoms with Crippen molar-refractivity contribution in [2.75, 3.05) is 26.7 Å². The Hall–Kier alpha value is -2.44. The SMILES string of the molecule is CCNC(=NCc1cc2c(cc1OC)CC(C)O2)N1CCCC(CC(N)=O)C1. The summed E-state index contributed by atoms with van der Waals surface area (Å²) in [6.07, 6.45) is 3.62. The monoisotopic (exact) mass is 388 g/mol. The first-order chi connectivity index (χ1) is 13.5. The predicted octanol–water partition coefficient (Wildman–Crippen LogP) is 2.07. The quantitative estimate of drug-likeness (QED) is 0.575. The highest BCUT2D eigenvalue weighted by molar-refractivity contribution is 5.80. The van der Waals surface area contributed by atoms with Crippen molar-refractivity contribution in [3.63, 3.8) is 0 Å². The molecular weight excluding hydrogens is 356 g/mol. The van der Waals surface area contributed by atoms with Gasteiger partial charge in [0.25, 0.3) is 0 Å². The molecule has 0 radical (unpaired) electrons. The molecule has 0 aromatic heterocycles. The fourth-order valence-corrected chi connectivity index (χ4v) is 4.09. The molecule has 1 aromatic carbocycles. The van der Waals surface area contributed by atoms with Gasteiger partial charge in [-0.15, -0.1) is 0 Å². The van der Waals surface area contributed by atoms with E-state index in [1.807, 2.05) is 0 Å². The van der Waals surface area contributed by atoms with Crippen LogP contribution in [0.25, 0.3) is 0 Å². The Balaban J connectivity index is 1.76. The average molecular weight is 389 g/mol. The van der Waals surface area contributed by atoms with Crippen LogP contribution in [0.3, 0.4) is 0 Å². The molecule has 1 saturated heterocycles. The first-order valence-corrected chi connectivity index (χ1v) is 10.2. The van der Waals surface area contributed by atoms with Gasteiger partial charge in [-0.2, -0.15) is 0 Å². The lowest BCUT2D eigenvalue weighted by Gasteiger charge is -2.34. The molecule has 0 aliphatic carbocycles. The Morgan fingerprint density at radius 3 is 3.00 bits per heavy atom. The van der Waals surface area contributed by atoms with E-state index in [4.69, 9.17) is 20.2 Å². The molecule has 2 atom stereocenters. The summed E-state index contributed by atoms with van der Waals surface area (Å²) in [5, 5.41) is 3.38. The number of nitrogens with two attached hydrogens (primary N) is 1. The summed E-state index contributed by atoms with van der Waals surface area (Å²) < 4.78 is 11.5. The molecule has 154 valence electrons. The molecule has 28 heavy (non-hydrogen) atoms. The lowest BCUT2D eigenvalue weighted by Crippen LogP contribution is -2.47. The van der Waals surface area contributed by atoms with Crippen molar-refractivity contribution in [2.45, 2.75) is 52.2 Å². The van der Waals surface area contributed by atoms with Crippen molar-refractivity contribution in [3.8, 4) is 11.5 Å². The van der Waals surface area contributed by atoms with Crippen molar-refractivity contribution >= 4 is 11.9 Å². The minimum atomic E-state index is -0.231. The van der Waals surface area contributed by atoms with Crippen LogP contribution in [0.1, 0.15) is 44.2 Å². The molecule has 3 rings (SSSR count). The second-order valence-electron chi connectivity index (χ2n) is 7.70. The molecule has 1 fully saturated rings. The molecule has 7 heteroatoms. The Bertz CT molecular complexity index is 735.